The summed E-state index contributed by atoms with van der Waals surface area (Å²) in [7, 11) is 0. The van der Waals surface area contributed by atoms with Crippen molar-refractivity contribution in [3.63, 3.8) is 0 Å². The Kier molecular flexibility index (Phi) is 7.23. The van der Waals surface area contributed by atoms with Crippen molar-refractivity contribution in [2.24, 2.45) is 0 Å². The van der Waals surface area contributed by atoms with Gasteiger partial charge in [-0.05, 0) is 0 Å². The standard InChI is InChI=1S/C14H10Cl4O4/c1-3-9(19)21-5-7-8(6-22-10(20)4-2)12(16)14(18)13(17)11(7)15/h3-4H,1-2,5-6H2. The lowest BCUT2D eigenvalue weighted by Crippen LogP contribution is -2.08. The summed E-state index contributed by atoms with van der Waals surface area (Å²) in [5.74, 6) is -1.32. The van der Waals surface area contributed by atoms with Gasteiger partial charge in [-0.25, -0.2) is 9.59 Å². The summed E-state index contributed by atoms with van der Waals surface area (Å²) in [6, 6.07) is 0. The highest BCUT2D eigenvalue weighted by molar-refractivity contribution is 6.52. The highest BCUT2D eigenvalue weighted by Gasteiger charge is 2.22. The summed E-state index contributed by atoms with van der Waals surface area (Å²) >= 11 is 24.1. The summed E-state index contributed by atoms with van der Waals surface area (Å²) in [6.45, 7) is 6.08. The third-order valence-electron chi connectivity index (χ3n) is 2.52. The van der Waals surface area contributed by atoms with E-state index >= 15 is 0 Å². The molecule has 118 valence electrons. The molecule has 0 aromatic heterocycles. The Morgan fingerprint density at radius 2 is 1.09 bits per heavy atom. The van der Waals surface area contributed by atoms with Gasteiger partial charge in [0.1, 0.15) is 13.2 Å². The van der Waals surface area contributed by atoms with Gasteiger partial charge >= 0.3 is 11.9 Å². The monoisotopic (exact) mass is 382 g/mol. The smallest absolute Gasteiger partial charge is 0.330 e. The van der Waals surface area contributed by atoms with E-state index in [0.717, 1.165) is 12.2 Å². The van der Waals surface area contributed by atoms with Crippen LogP contribution in [0, 0.1) is 0 Å². The maximum atomic E-state index is 11.2. The van der Waals surface area contributed by atoms with E-state index in [-0.39, 0.29) is 44.4 Å². The van der Waals surface area contributed by atoms with Crippen LogP contribution in [0.25, 0.3) is 0 Å². The maximum absolute atomic E-state index is 11.2. The normalized spacial score (nSPS) is 10.0. The molecule has 0 heterocycles. The molecule has 0 radical (unpaired) electrons. The van der Waals surface area contributed by atoms with E-state index in [1.807, 2.05) is 0 Å². The summed E-state index contributed by atoms with van der Waals surface area (Å²) in [5.41, 5.74) is 0.571. The van der Waals surface area contributed by atoms with Crippen LogP contribution in [-0.2, 0) is 32.3 Å². The van der Waals surface area contributed by atoms with Crippen molar-refractivity contribution < 1.29 is 19.1 Å². The van der Waals surface area contributed by atoms with Crippen LogP contribution >= 0.6 is 46.4 Å². The minimum absolute atomic E-state index is 0.0109. The van der Waals surface area contributed by atoms with E-state index in [1.165, 1.54) is 0 Å². The average molecular weight is 384 g/mol. The number of benzene rings is 1. The maximum Gasteiger partial charge on any atom is 0.330 e. The van der Waals surface area contributed by atoms with E-state index in [2.05, 4.69) is 13.2 Å². The lowest BCUT2D eigenvalue weighted by molar-refractivity contribution is -0.140. The summed E-state index contributed by atoms with van der Waals surface area (Å²) in [6.07, 6.45) is 1.98. The number of hydrogen-bond donors (Lipinski definition) is 0. The summed E-state index contributed by atoms with van der Waals surface area (Å²) in [5, 5.41) is 0.128. The molecule has 0 atom stereocenters. The van der Waals surface area contributed by atoms with Crippen LogP contribution in [0.3, 0.4) is 0 Å². The Labute approximate surface area is 147 Å². The minimum atomic E-state index is -0.660. The van der Waals surface area contributed by atoms with Crippen molar-refractivity contribution >= 4 is 58.3 Å². The molecular formula is C14H10Cl4O4. The molecule has 1 aromatic rings. The van der Waals surface area contributed by atoms with Crippen LogP contribution in [0.1, 0.15) is 11.1 Å². The van der Waals surface area contributed by atoms with Crippen LogP contribution in [0.4, 0.5) is 0 Å². The average Bonchev–Trinajstić information content (AvgIpc) is 2.53. The van der Waals surface area contributed by atoms with E-state index in [4.69, 9.17) is 55.9 Å². The van der Waals surface area contributed by atoms with Crippen LogP contribution in [0.2, 0.25) is 20.1 Å². The van der Waals surface area contributed by atoms with Gasteiger partial charge in [0.25, 0.3) is 0 Å². The molecule has 4 nitrogen and oxygen atoms in total. The van der Waals surface area contributed by atoms with Crippen molar-refractivity contribution in [2.75, 3.05) is 0 Å². The summed E-state index contributed by atoms with van der Waals surface area (Å²) in [4.78, 5) is 22.4. The number of carbonyl (C=O) groups excluding carboxylic acids is 2. The number of carbonyl (C=O) groups is 2. The molecule has 0 saturated carbocycles. The predicted molar refractivity (Wildman–Crippen MR) is 86.5 cm³/mol. The molecule has 22 heavy (non-hydrogen) atoms. The van der Waals surface area contributed by atoms with Gasteiger partial charge in [0.2, 0.25) is 0 Å². The molecule has 0 aliphatic carbocycles. The fraction of sp³-hybridized carbons (Fsp3) is 0.143. The fourth-order valence-corrected chi connectivity index (χ4v) is 2.47. The number of rotatable bonds is 6. The highest BCUT2D eigenvalue weighted by Crippen LogP contribution is 2.42. The molecular weight excluding hydrogens is 374 g/mol. The van der Waals surface area contributed by atoms with Crippen molar-refractivity contribution in [1.29, 1.82) is 0 Å². The second-order valence-electron chi connectivity index (χ2n) is 3.84. The van der Waals surface area contributed by atoms with Crippen molar-refractivity contribution in [2.45, 2.75) is 13.2 Å². The molecule has 0 amide bonds. The molecule has 0 N–H and O–H groups in total. The Morgan fingerprint density at radius 1 is 0.773 bits per heavy atom. The first-order valence-corrected chi connectivity index (χ1v) is 7.26. The molecule has 1 rings (SSSR count). The molecule has 1 aromatic carbocycles. The van der Waals surface area contributed by atoms with Crippen LogP contribution < -0.4 is 0 Å². The van der Waals surface area contributed by atoms with Crippen LogP contribution in [0.5, 0.6) is 0 Å². The molecule has 0 spiro atoms. The molecule has 0 aliphatic rings. The first kappa shape index (κ1) is 18.8. The highest BCUT2D eigenvalue weighted by atomic mass is 35.5. The van der Waals surface area contributed by atoms with Gasteiger partial charge in [-0.3, -0.25) is 0 Å². The number of hydrogen-bond acceptors (Lipinski definition) is 4. The SMILES string of the molecule is C=CC(=O)OCc1c(Cl)c(Cl)c(Cl)c(Cl)c1COC(=O)C=C. The van der Waals surface area contributed by atoms with Gasteiger partial charge in [0.05, 0.1) is 20.1 Å². The summed E-state index contributed by atoms with van der Waals surface area (Å²) < 4.78 is 9.84. The molecule has 0 saturated heterocycles. The Balaban J connectivity index is 3.24. The molecule has 0 unspecified atom stereocenters. The van der Waals surface area contributed by atoms with Gasteiger partial charge < -0.3 is 9.47 Å². The fourth-order valence-electron chi connectivity index (χ4n) is 1.43. The largest absolute Gasteiger partial charge is 0.458 e. The van der Waals surface area contributed by atoms with E-state index < -0.39 is 11.9 Å². The first-order chi connectivity index (χ1) is 10.3. The molecule has 0 bridgehead atoms. The molecule has 0 aliphatic heterocycles. The number of esters is 2. The minimum Gasteiger partial charge on any atom is -0.458 e. The molecule has 8 heteroatoms. The third-order valence-corrected chi connectivity index (χ3v) is 4.40. The van der Waals surface area contributed by atoms with Gasteiger partial charge in [-0.1, -0.05) is 59.6 Å². The Morgan fingerprint density at radius 3 is 1.36 bits per heavy atom. The van der Waals surface area contributed by atoms with Crippen molar-refractivity contribution in [3.8, 4) is 0 Å². The predicted octanol–water partition coefficient (Wildman–Crippen LogP) is 4.76. The van der Waals surface area contributed by atoms with Crippen LogP contribution in [-0.4, -0.2) is 11.9 Å². The number of halogens is 4. The zero-order valence-corrected chi connectivity index (χ0v) is 14.2. The quantitative estimate of drug-likeness (QED) is 0.307. The van der Waals surface area contributed by atoms with Crippen LogP contribution in [0.15, 0.2) is 25.3 Å². The van der Waals surface area contributed by atoms with E-state index in [0.29, 0.717) is 0 Å². The second-order valence-corrected chi connectivity index (χ2v) is 5.35. The third kappa shape index (κ3) is 4.40. The first-order valence-electron chi connectivity index (χ1n) is 5.75. The number of ether oxygens (including phenoxy) is 2. The second kappa shape index (κ2) is 8.44. The van der Waals surface area contributed by atoms with Gasteiger partial charge in [0.15, 0.2) is 0 Å². The Bertz CT molecular complexity index is 585. The van der Waals surface area contributed by atoms with E-state index in [9.17, 15) is 9.59 Å². The van der Waals surface area contributed by atoms with Gasteiger partial charge in [-0.15, -0.1) is 0 Å². The lowest BCUT2D eigenvalue weighted by atomic mass is 10.1. The molecule has 0 fully saturated rings. The zero-order valence-electron chi connectivity index (χ0n) is 11.1. The van der Waals surface area contributed by atoms with Gasteiger partial charge in [-0.2, -0.15) is 0 Å². The topological polar surface area (TPSA) is 52.6 Å². The van der Waals surface area contributed by atoms with E-state index in [1.54, 1.807) is 0 Å². The van der Waals surface area contributed by atoms with Crippen molar-refractivity contribution in [1.82, 2.24) is 0 Å². The Hall–Kier alpha value is -1.20. The lowest BCUT2D eigenvalue weighted by Gasteiger charge is -2.16. The zero-order chi connectivity index (χ0) is 16.9. The van der Waals surface area contributed by atoms with Gasteiger partial charge in [0, 0.05) is 23.3 Å². The van der Waals surface area contributed by atoms with Crippen molar-refractivity contribution in [3.05, 3.63) is 56.5 Å².